The first-order valence-corrected chi connectivity index (χ1v) is 15.2. The fraction of sp³-hybridized carbons (Fsp3) is 0.935. The fourth-order valence-corrected chi connectivity index (χ4v) is 4.27. The van der Waals surface area contributed by atoms with Gasteiger partial charge in [0.05, 0.1) is 0 Å². The van der Waals surface area contributed by atoms with Crippen LogP contribution in [0.4, 0.5) is 0 Å². The molecular weight excluding hydrogens is 404 g/mol. The molecule has 0 aromatic heterocycles. The molecule has 0 heterocycles. The molecule has 0 unspecified atom stereocenters. The topological polar surface area (TPSA) is 18.5 Å². The molecule has 0 amide bonds. The molecular formula is C31H62O2. The van der Waals surface area contributed by atoms with Crippen LogP contribution in [0.25, 0.3) is 0 Å². The van der Waals surface area contributed by atoms with Crippen molar-refractivity contribution in [1.82, 2.24) is 0 Å². The monoisotopic (exact) mass is 466 g/mol. The highest BCUT2D eigenvalue weighted by Crippen LogP contribution is 2.14. The molecule has 0 atom stereocenters. The lowest BCUT2D eigenvalue weighted by Crippen LogP contribution is -2.19. The highest BCUT2D eigenvalue weighted by Gasteiger charge is 2.09. The molecule has 0 aliphatic rings. The lowest BCUT2D eigenvalue weighted by Gasteiger charge is -2.19. The van der Waals surface area contributed by atoms with Crippen molar-refractivity contribution in [2.24, 2.45) is 0 Å². The summed E-state index contributed by atoms with van der Waals surface area (Å²) in [6.07, 6.45) is 34.9. The standard InChI is InChI=1S/C31H62O2/c1-4-7-10-13-16-19-22-25-28-31(32-29-26-23-20-17-14-11-8-5-2)33-30-27-24-21-18-15-12-9-6-3/h10,13,31H,4-9,11-12,14-30H2,1-3H3/b13-10-. The summed E-state index contributed by atoms with van der Waals surface area (Å²) < 4.78 is 12.4. The zero-order chi connectivity index (χ0) is 24.1. The van der Waals surface area contributed by atoms with Gasteiger partial charge >= 0.3 is 0 Å². The molecule has 0 saturated carbocycles. The molecule has 0 radical (unpaired) electrons. The average molecular weight is 467 g/mol. The number of allylic oxidation sites excluding steroid dienone is 2. The second-order valence-corrected chi connectivity index (χ2v) is 10.0. The molecule has 2 nitrogen and oxygen atoms in total. The Bertz CT molecular complexity index is 344. The van der Waals surface area contributed by atoms with Crippen molar-refractivity contribution in [1.29, 1.82) is 0 Å². The summed E-state index contributed by atoms with van der Waals surface area (Å²) in [5.74, 6) is 0. The van der Waals surface area contributed by atoms with E-state index in [1.807, 2.05) is 0 Å². The van der Waals surface area contributed by atoms with Crippen LogP contribution in [0.1, 0.15) is 168 Å². The van der Waals surface area contributed by atoms with Crippen LogP contribution in [0.15, 0.2) is 12.2 Å². The number of ether oxygens (including phenoxy) is 2. The third-order valence-corrected chi connectivity index (χ3v) is 6.54. The second-order valence-electron chi connectivity index (χ2n) is 10.0. The van der Waals surface area contributed by atoms with Crippen molar-refractivity contribution >= 4 is 0 Å². The molecule has 0 saturated heterocycles. The molecule has 0 rings (SSSR count). The third-order valence-electron chi connectivity index (χ3n) is 6.54. The minimum absolute atomic E-state index is 0.0229. The van der Waals surface area contributed by atoms with E-state index in [9.17, 15) is 0 Å². The molecule has 2 heteroatoms. The molecule has 0 aliphatic carbocycles. The highest BCUT2D eigenvalue weighted by molar-refractivity contribution is 4.80. The first-order chi connectivity index (χ1) is 16.3. The van der Waals surface area contributed by atoms with Crippen molar-refractivity contribution in [2.75, 3.05) is 13.2 Å². The maximum Gasteiger partial charge on any atom is 0.157 e. The molecule has 0 aromatic carbocycles. The van der Waals surface area contributed by atoms with E-state index in [2.05, 4.69) is 32.9 Å². The van der Waals surface area contributed by atoms with Gasteiger partial charge in [-0.1, -0.05) is 136 Å². The van der Waals surface area contributed by atoms with Crippen LogP contribution in [0.2, 0.25) is 0 Å². The van der Waals surface area contributed by atoms with Crippen molar-refractivity contribution < 1.29 is 9.47 Å². The van der Waals surface area contributed by atoms with Gasteiger partial charge in [0.2, 0.25) is 0 Å². The Labute approximate surface area is 209 Å². The molecule has 0 fully saturated rings. The van der Waals surface area contributed by atoms with Gasteiger partial charge in [0, 0.05) is 13.2 Å². The summed E-state index contributed by atoms with van der Waals surface area (Å²) in [7, 11) is 0. The van der Waals surface area contributed by atoms with Gasteiger partial charge in [0.15, 0.2) is 6.29 Å². The fourth-order valence-electron chi connectivity index (χ4n) is 4.27. The maximum atomic E-state index is 6.18. The van der Waals surface area contributed by atoms with Crippen LogP contribution in [0.5, 0.6) is 0 Å². The van der Waals surface area contributed by atoms with E-state index in [1.54, 1.807) is 0 Å². The normalized spacial score (nSPS) is 11.9. The Morgan fingerprint density at radius 3 is 1.33 bits per heavy atom. The molecule has 33 heavy (non-hydrogen) atoms. The highest BCUT2D eigenvalue weighted by atomic mass is 16.7. The summed E-state index contributed by atoms with van der Waals surface area (Å²) >= 11 is 0. The average Bonchev–Trinajstić information content (AvgIpc) is 2.83. The van der Waals surface area contributed by atoms with Gasteiger partial charge in [0.1, 0.15) is 0 Å². The van der Waals surface area contributed by atoms with E-state index in [1.165, 1.54) is 141 Å². The van der Waals surface area contributed by atoms with Crippen molar-refractivity contribution in [3.63, 3.8) is 0 Å². The quantitative estimate of drug-likeness (QED) is 0.0648. The minimum atomic E-state index is 0.0229. The molecule has 0 bridgehead atoms. The minimum Gasteiger partial charge on any atom is -0.353 e. The predicted molar refractivity (Wildman–Crippen MR) is 148 cm³/mol. The van der Waals surface area contributed by atoms with Crippen molar-refractivity contribution in [2.45, 2.75) is 175 Å². The van der Waals surface area contributed by atoms with Gasteiger partial charge in [-0.3, -0.25) is 0 Å². The summed E-state index contributed by atoms with van der Waals surface area (Å²) in [5.41, 5.74) is 0. The summed E-state index contributed by atoms with van der Waals surface area (Å²) in [6, 6.07) is 0. The van der Waals surface area contributed by atoms with Crippen LogP contribution in [-0.2, 0) is 9.47 Å². The summed E-state index contributed by atoms with van der Waals surface area (Å²) in [5, 5.41) is 0. The van der Waals surface area contributed by atoms with Gasteiger partial charge in [-0.05, 0) is 44.9 Å². The molecule has 198 valence electrons. The van der Waals surface area contributed by atoms with Gasteiger partial charge in [0.25, 0.3) is 0 Å². The van der Waals surface area contributed by atoms with Crippen LogP contribution in [0.3, 0.4) is 0 Å². The smallest absolute Gasteiger partial charge is 0.157 e. The maximum absolute atomic E-state index is 6.18. The van der Waals surface area contributed by atoms with Gasteiger partial charge in [-0.15, -0.1) is 0 Å². The van der Waals surface area contributed by atoms with E-state index >= 15 is 0 Å². The Kier molecular flexibility index (Phi) is 29.4. The van der Waals surface area contributed by atoms with E-state index in [0.29, 0.717) is 0 Å². The molecule has 0 aromatic rings. The van der Waals surface area contributed by atoms with Crippen molar-refractivity contribution in [3.8, 4) is 0 Å². The Morgan fingerprint density at radius 2 is 0.848 bits per heavy atom. The third kappa shape index (κ3) is 27.8. The zero-order valence-corrected chi connectivity index (χ0v) is 23.2. The lowest BCUT2D eigenvalue weighted by molar-refractivity contribution is -0.148. The summed E-state index contributed by atoms with van der Waals surface area (Å²) in [6.45, 7) is 8.56. The predicted octanol–water partition coefficient (Wildman–Crippen LogP) is 10.9. The van der Waals surface area contributed by atoms with Gasteiger partial charge in [-0.2, -0.15) is 0 Å². The summed E-state index contributed by atoms with van der Waals surface area (Å²) in [4.78, 5) is 0. The van der Waals surface area contributed by atoms with Crippen LogP contribution in [-0.4, -0.2) is 19.5 Å². The second kappa shape index (κ2) is 29.7. The van der Waals surface area contributed by atoms with E-state index in [4.69, 9.17) is 9.47 Å². The number of rotatable bonds is 28. The number of unbranched alkanes of at least 4 members (excludes halogenated alkanes) is 18. The molecule has 0 aliphatic heterocycles. The van der Waals surface area contributed by atoms with Crippen LogP contribution in [0, 0.1) is 0 Å². The lowest BCUT2D eigenvalue weighted by atomic mass is 10.1. The Hall–Kier alpha value is -0.340. The molecule has 0 N–H and O–H groups in total. The van der Waals surface area contributed by atoms with Gasteiger partial charge < -0.3 is 9.47 Å². The van der Waals surface area contributed by atoms with Crippen LogP contribution >= 0.6 is 0 Å². The number of hydrogen-bond acceptors (Lipinski definition) is 2. The first-order valence-electron chi connectivity index (χ1n) is 15.2. The SMILES string of the molecule is CCC/C=C\CCCCCC(OCCCCCCCCCC)OCCCCCCCCCC. The Morgan fingerprint density at radius 1 is 0.424 bits per heavy atom. The number of hydrogen-bond donors (Lipinski definition) is 0. The van der Waals surface area contributed by atoms with E-state index in [-0.39, 0.29) is 6.29 Å². The zero-order valence-electron chi connectivity index (χ0n) is 23.2. The largest absolute Gasteiger partial charge is 0.353 e. The van der Waals surface area contributed by atoms with Crippen molar-refractivity contribution in [3.05, 3.63) is 12.2 Å². The Balaban J connectivity index is 3.88. The molecule has 0 spiro atoms. The van der Waals surface area contributed by atoms with E-state index in [0.717, 1.165) is 19.6 Å². The van der Waals surface area contributed by atoms with Gasteiger partial charge in [-0.25, -0.2) is 0 Å². The first kappa shape index (κ1) is 32.7. The van der Waals surface area contributed by atoms with Crippen LogP contribution < -0.4 is 0 Å². The van der Waals surface area contributed by atoms with E-state index < -0.39 is 0 Å².